The van der Waals surface area contributed by atoms with E-state index in [0.29, 0.717) is 11.4 Å². The van der Waals surface area contributed by atoms with Crippen molar-refractivity contribution in [2.24, 2.45) is 0 Å². The Kier molecular flexibility index (Phi) is 4.28. The van der Waals surface area contributed by atoms with Gasteiger partial charge in [0.2, 0.25) is 5.91 Å². The van der Waals surface area contributed by atoms with Crippen molar-refractivity contribution < 1.29 is 19.8 Å². The average molecular weight is 282 g/mol. The Bertz CT molecular complexity index is 501. The standard InChI is InChI=1S/C12H14N2O4S/c15-10-2-1-7(5-8(10)12(17)18)14-11(16)9-6-19-4-3-13-9/h1-2,5,9,13,15H,3-4,6H2,(H,14,16)(H,17,18). The van der Waals surface area contributed by atoms with E-state index in [1.54, 1.807) is 11.8 Å². The molecule has 1 saturated heterocycles. The lowest BCUT2D eigenvalue weighted by atomic mass is 10.1. The van der Waals surface area contributed by atoms with Gasteiger partial charge in [-0.25, -0.2) is 4.79 Å². The van der Waals surface area contributed by atoms with Crippen molar-refractivity contribution in [3.8, 4) is 5.75 Å². The second-order valence-corrected chi connectivity index (χ2v) is 5.26. The smallest absolute Gasteiger partial charge is 0.339 e. The molecule has 0 bridgehead atoms. The van der Waals surface area contributed by atoms with Crippen LogP contribution in [0.5, 0.6) is 5.75 Å². The number of phenols is 1. The third-order valence-electron chi connectivity index (χ3n) is 2.73. The van der Waals surface area contributed by atoms with Gasteiger partial charge in [0.25, 0.3) is 0 Å². The number of aromatic carboxylic acids is 1. The average Bonchev–Trinajstić information content (AvgIpc) is 2.41. The number of hydrogen-bond donors (Lipinski definition) is 4. The molecular formula is C12H14N2O4S. The topological polar surface area (TPSA) is 98.7 Å². The minimum absolute atomic E-state index is 0.200. The Balaban J connectivity index is 2.08. The summed E-state index contributed by atoms with van der Waals surface area (Å²) in [5, 5.41) is 24.0. The second-order valence-electron chi connectivity index (χ2n) is 4.11. The van der Waals surface area contributed by atoms with Crippen molar-refractivity contribution in [1.29, 1.82) is 0 Å². The van der Waals surface area contributed by atoms with Crippen molar-refractivity contribution in [2.45, 2.75) is 6.04 Å². The number of amides is 1. The quantitative estimate of drug-likeness (QED) is 0.610. The van der Waals surface area contributed by atoms with Gasteiger partial charge in [0, 0.05) is 23.7 Å². The molecule has 4 N–H and O–H groups in total. The first-order valence-electron chi connectivity index (χ1n) is 5.76. The Morgan fingerprint density at radius 1 is 1.42 bits per heavy atom. The minimum atomic E-state index is -1.24. The van der Waals surface area contributed by atoms with E-state index < -0.39 is 5.97 Å². The van der Waals surface area contributed by atoms with Crippen molar-refractivity contribution in [3.05, 3.63) is 23.8 Å². The largest absolute Gasteiger partial charge is 0.507 e. The van der Waals surface area contributed by atoms with Crippen LogP contribution in [-0.4, -0.2) is 46.2 Å². The van der Waals surface area contributed by atoms with E-state index in [4.69, 9.17) is 5.11 Å². The summed E-state index contributed by atoms with van der Waals surface area (Å²) in [6.07, 6.45) is 0. The monoisotopic (exact) mass is 282 g/mol. The molecule has 0 aromatic heterocycles. The maximum absolute atomic E-state index is 11.9. The molecule has 1 atom stereocenters. The number of carboxylic acid groups (broad SMARTS) is 1. The second kappa shape index (κ2) is 5.94. The molecule has 1 aliphatic rings. The SMILES string of the molecule is O=C(O)c1cc(NC(=O)C2CSCCN2)ccc1O. The van der Waals surface area contributed by atoms with Gasteiger partial charge in [0.1, 0.15) is 11.3 Å². The van der Waals surface area contributed by atoms with Crippen molar-refractivity contribution >= 4 is 29.3 Å². The van der Waals surface area contributed by atoms with Crippen LogP contribution in [0.2, 0.25) is 0 Å². The third-order valence-corrected chi connectivity index (χ3v) is 3.79. The number of hydrogen-bond acceptors (Lipinski definition) is 5. The lowest BCUT2D eigenvalue weighted by Gasteiger charge is -2.22. The Morgan fingerprint density at radius 2 is 2.21 bits per heavy atom. The molecule has 1 unspecified atom stereocenters. The van der Waals surface area contributed by atoms with Crippen molar-refractivity contribution in [3.63, 3.8) is 0 Å². The summed E-state index contributed by atoms with van der Waals surface area (Å²) in [7, 11) is 0. The predicted octanol–water partition coefficient (Wildman–Crippen LogP) is 0.734. The highest BCUT2D eigenvalue weighted by Gasteiger charge is 2.21. The van der Waals surface area contributed by atoms with E-state index in [0.717, 1.165) is 12.3 Å². The fourth-order valence-electron chi connectivity index (χ4n) is 1.75. The highest BCUT2D eigenvalue weighted by molar-refractivity contribution is 7.99. The first-order chi connectivity index (χ1) is 9.08. The van der Waals surface area contributed by atoms with E-state index >= 15 is 0 Å². The molecule has 0 spiro atoms. The highest BCUT2D eigenvalue weighted by atomic mass is 32.2. The van der Waals surface area contributed by atoms with Crippen LogP contribution in [0.4, 0.5) is 5.69 Å². The summed E-state index contributed by atoms with van der Waals surface area (Å²) < 4.78 is 0. The van der Waals surface area contributed by atoms with E-state index in [1.165, 1.54) is 18.2 Å². The third kappa shape index (κ3) is 3.39. The number of aromatic hydroxyl groups is 1. The first-order valence-corrected chi connectivity index (χ1v) is 6.91. The Hall–Kier alpha value is -1.73. The molecule has 0 aliphatic carbocycles. The fraction of sp³-hybridized carbons (Fsp3) is 0.333. The van der Waals surface area contributed by atoms with Crippen molar-refractivity contribution in [2.75, 3.05) is 23.4 Å². The van der Waals surface area contributed by atoms with Gasteiger partial charge in [0.05, 0.1) is 6.04 Å². The molecule has 19 heavy (non-hydrogen) atoms. The molecule has 1 heterocycles. The normalized spacial score (nSPS) is 18.8. The number of carbonyl (C=O) groups excluding carboxylic acids is 1. The number of nitrogens with one attached hydrogen (secondary N) is 2. The number of carbonyl (C=O) groups is 2. The van der Waals surface area contributed by atoms with Gasteiger partial charge in [-0.3, -0.25) is 4.79 Å². The van der Waals surface area contributed by atoms with E-state index in [-0.39, 0.29) is 23.3 Å². The maximum Gasteiger partial charge on any atom is 0.339 e. The van der Waals surface area contributed by atoms with Gasteiger partial charge in [-0.2, -0.15) is 11.8 Å². The summed E-state index contributed by atoms with van der Waals surface area (Å²) in [4.78, 5) is 22.8. The van der Waals surface area contributed by atoms with Crippen LogP contribution in [0.15, 0.2) is 18.2 Å². The predicted molar refractivity (Wildman–Crippen MR) is 72.8 cm³/mol. The summed E-state index contributed by atoms with van der Waals surface area (Å²) >= 11 is 1.69. The molecule has 1 aromatic rings. The van der Waals surface area contributed by atoms with Gasteiger partial charge in [-0.15, -0.1) is 0 Å². The number of thioether (sulfide) groups is 1. The molecule has 2 rings (SSSR count). The Labute approximate surface area is 114 Å². The molecule has 1 aliphatic heterocycles. The van der Waals surface area contributed by atoms with Crippen LogP contribution >= 0.6 is 11.8 Å². The molecular weight excluding hydrogens is 268 g/mol. The molecule has 102 valence electrons. The zero-order chi connectivity index (χ0) is 13.8. The van der Waals surface area contributed by atoms with Gasteiger partial charge in [-0.1, -0.05) is 0 Å². The number of benzene rings is 1. The Morgan fingerprint density at radius 3 is 2.84 bits per heavy atom. The fourth-order valence-corrected chi connectivity index (χ4v) is 2.68. The van der Waals surface area contributed by atoms with Gasteiger partial charge >= 0.3 is 5.97 Å². The lowest BCUT2D eigenvalue weighted by Crippen LogP contribution is -2.46. The number of anilines is 1. The van der Waals surface area contributed by atoms with E-state index in [9.17, 15) is 14.7 Å². The van der Waals surface area contributed by atoms with E-state index in [2.05, 4.69) is 10.6 Å². The van der Waals surface area contributed by atoms with Gasteiger partial charge < -0.3 is 20.8 Å². The maximum atomic E-state index is 11.9. The van der Waals surface area contributed by atoms with Crippen LogP contribution in [0, 0.1) is 0 Å². The van der Waals surface area contributed by atoms with Crippen molar-refractivity contribution in [1.82, 2.24) is 5.32 Å². The summed E-state index contributed by atoms with van der Waals surface area (Å²) in [5.74, 6) is -0.0898. The number of carboxylic acids is 1. The van der Waals surface area contributed by atoms with Crippen LogP contribution in [0.1, 0.15) is 10.4 Å². The van der Waals surface area contributed by atoms with Crippen LogP contribution < -0.4 is 10.6 Å². The molecule has 0 radical (unpaired) electrons. The zero-order valence-corrected chi connectivity index (χ0v) is 10.9. The van der Waals surface area contributed by atoms with Crippen LogP contribution in [0.25, 0.3) is 0 Å². The molecule has 6 nitrogen and oxygen atoms in total. The molecule has 0 saturated carbocycles. The molecule has 1 amide bonds. The van der Waals surface area contributed by atoms with Gasteiger partial charge in [-0.05, 0) is 18.2 Å². The van der Waals surface area contributed by atoms with Crippen LogP contribution in [0.3, 0.4) is 0 Å². The zero-order valence-electron chi connectivity index (χ0n) is 10.0. The molecule has 7 heteroatoms. The lowest BCUT2D eigenvalue weighted by molar-refractivity contribution is -0.117. The summed E-state index contributed by atoms with van der Waals surface area (Å²) in [6.45, 7) is 0.776. The van der Waals surface area contributed by atoms with Crippen LogP contribution in [-0.2, 0) is 4.79 Å². The molecule has 1 fully saturated rings. The highest BCUT2D eigenvalue weighted by Crippen LogP contribution is 2.21. The summed E-state index contributed by atoms with van der Waals surface area (Å²) in [5.41, 5.74) is 0.126. The van der Waals surface area contributed by atoms with Gasteiger partial charge in [0.15, 0.2) is 0 Å². The first kappa shape index (κ1) is 13.7. The van der Waals surface area contributed by atoms with E-state index in [1.807, 2.05) is 0 Å². The molecule has 1 aromatic carbocycles. The summed E-state index contributed by atoms with van der Waals surface area (Å²) in [6, 6.07) is 3.68. The number of rotatable bonds is 3. The minimum Gasteiger partial charge on any atom is -0.507 e.